The lowest BCUT2D eigenvalue weighted by Crippen LogP contribution is -2.35. The van der Waals surface area contributed by atoms with E-state index in [9.17, 15) is 0 Å². The Bertz CT molecular complexity index is 441. The van der Waals surface area contributed by atoms with Crippen LogP contribution in [-0.4, -0.2) is 28.6 Å². The molecule has 1 aliphatic heterocycles. The Labute approximate surface area is 134 Å². The molecule has 0 aromatic heterocycles. The number of nitrogens with one attached hydrogen (secondary N) is 1. The van der Waals surface area contributed by atoms with Crippen molar-refractivity contribution in [2.45, 2.75) is 35.6 Å². The predicted octanol–water partition coefficient (Wildman–Crippen LogP) is 4.88. The summed E-state index contributed by atoms with van der Waals surface area (Å²) in [7, 11) is 2.00. The average Bonchev–Trinajstić information content (AvgIpc) is 2.38. The van der Waals surface area contributed by atoms with Crippen molar-refractivity contribution in [1.82, 2.24) is 5.32 Å². The molecule has 1 heterocycles. The van der Waals surface area contributed by atoms with Crippen LogP contribution < -0.4 is 5.32 Å². The van der Waals surface area contributed by atoms with Crippen LogP contribution in [0.1, 0.15) is 25.5 Å². The SMILES string of the molecule is CNC(c1cc(Cl)ccc1Cl)C1CSC(C)C(C)S1. The molecule has 1 N–H and O–H groups in total. The van der Waals surface area contributed by atoms with E-state index in [4.69, 9.17) is 23.2 Å². The molecule has 1 aliphatic rings. The van der Waals surface area contributed by atoms with Crippen molar-refractivity contribution in [2.24, 2.45) is 0 Å². The van der Waals surface area contributed by atoms with Crippen LogP contribution in [0.3, 0.4) is 0 Å². The second kappa shape index (κ2) is 6.95. The van der Waals surface area contributed by atoms with Crippen molar-refractivity contribution in [1.29, 1.82) is 0 Å². The van der Waals surface area contributed by atoms with Gasteiger partial charge in [0, 0.05) is 37.6 Å². The molecule has 0 radical (unpaired) electrons. The van der Waals surface area contributed by atoms with Gasteiger partial charge in [-0.2, -0.15) is 23.5 Å². The summed E-state index contributed by atoms with van der Waals surface area (Å²) in [6.07, 6.45) is 0. The van der Waals surface area contributed by atoms with Gasteiger partial charge in [-0.15, -0.1) is 0 Å². The maximum atomic E-state index is 6.34. The van der Waals surface area contributed by atoms with E-state index < -0.39 is 0 Å². The molecule has 2 rings (SSSR count). The topological polar surface area (TPSA) is 12.0 Å². The molecule has 19 heavy (non-hydrogen) atoms. The summed E-state index contributed by atoms with van der Waals surface area (Å²) in [6.45, 7) is 4.61. The maximum Gasteiger partial charge on any atom is 0.0461 e. The number of thioether (sulfide) groups is 2. The van der Waals surface area contributed by atoms with E-state index in [1.54, 1.807) is 0 Å². The molecule has 106 valence electrons. The minimum atomic E-state index is 0.249. The first-order valence-corrected chi connectivity index (χ1v) is 9.17. The first-order valence-electron chi connectivity index (χ1n) is 6.42. The van der Waals surface area contributed by atoms with Crippen LogP contribution in [-0.2, 0) is 0 Å². The molecule has 5 heteroatoms. The molecule has 0 spiro atoms. The fourth-order valence-electron chi connectivity index (χ4n) is 2.28. The Kier molecular flexibility index (Phi) is 5.79. The number of halogens is 2. The number of hydrogen-bond donors (Lipinski definition) is 1. The minimum absolute atomic E-state index is 0.249. The minimum Gasteiger partial charge on any atom is -0.312 e. The van der Waals surface area contributed by atoms with Crippen LogP contribution in [0.15, 0.2) is 18.2 Å². The molecular weight excluding hydrogens is 317 g/mol. The molecule has 1 fully saturated rings. The second-order valence-corrected chi connectivity index (χ2v) is 8.73. The summed E-state index contributed by atoms with van der Waals surface area (Å²) in [5, 5.41) is 6.86. The van der Waals surface area contributed by atoms with Gasteiger partial charge in [-0.3, -0.25) is 0 Å². The lowest BCUT2D eigenvalue weighted by molar-refractivity contribution is 0.588. The molecule has 0 bridgehead atoms. The Morgan fingerprint density at radius 1 is 1.26 bits per heavy atom. The zero-order chi connectivity index (χ0) is 14.0. The van der Waals surface area contributed by atoms with Gasteiger partial charge < -0.3 is 5.32 Å². The fourth-order valence-corrected chi connectivity index (χ4v) is 5.84. The van der Waals surface area contributed by atoms with E-state index in [0.29, 0.717) is 15.7 Å². The van der Waals surface area contributed by atoms with E-state index in [0.717, 1.165) is 21.4 Å². The molecule has 1 aromatic rings. The van der Waals surface area contributed by atoms with Crippen molar-refractivity contribution in [2.75, 3.05) is 12.8 Å². The number of rotatable bonds is 3. The Morgan fingerprint density at radius 2 is 2.00 bits per heavy atom. The van der Waals surface area contributed by atoms with E-state index in [-0.39, 0.29) is 6.04 Å². The van der Waals surface area contributed by atoms with Crippen molar-refractivity contribution in [3.8, 4) is 0 Å². The first-order chi connectivity index (χ1) is 9.02. The highest BCUT2D eigenvalue weighted by Gasteiger charge is 2.32. The molecule has 4 unspecified atom stereocenters. The fraction of sp³-hybridized carbons (Fsp3) is 0.571. The van der Waals surface area contributed by atoms with Crippen LogP contribution in [0.2, 0.25) is 10.0 Å². The third kappa shape index (κ3) is 3.76. The molecule has 1 saturated heterocycles. The van der Waals surface area contributed by atoms with Crippen LogP contribution >= 0.6 is 46.7 Å². The van der Waals surface area contributed by atoms with Crippen LogP contribution in [0.4, 0.5) is 0 Å². The Morgan fingerprint density at radius 3 is 2.63 bits per heavy atom. The average molecular weight is 336 g/mol. The molecular formula is C14H19Cl2NS2. The highest BCUT2D eigenvalue weighted by atomic mass is 35.5. The van der Waals surface area contributed by atoms with Gasteiger partial charge in [0.15, 0.2) is 0 Å². The summed E-state index contributed by atoms with van der Waals surface area (Å²) in [5.41, 5.74) is 1.11. The van der Waals surface area contributed by atoms with E-state index in [1.807, 2.05) is 37.0 Å². The molecule has 1 nitrogen and oxygen atoms in total. The van der Waals surface area contributed by atoms with Gasteiger partial charge in [0.2, 0.25) is 0 Å². The molecule has 0 amide bonds. The number of hydrogen-bond acceptors (Lipinski definition) is 3. The number of benzene rings is 1. The van der Waals surface area contributed by atoms with Crippen LogP contribution in [0.25, 0.3) is 0 Å². The summed E-state index contributed by atoms with van der Waals surface area (Å²) < 4.78 is 0. The molecule has 0 aliphatic carbocycles. The van der Waals surface area contributed by atoms with Gasteiger partial charge in [-0.25, -0.2) is 0 Å². The van der Waals surface area contributed by atoms with Gasteiger partial charge in [0.1, 0.15) is 0 Å². The maximum absolute atomic E-state index is 6.34. The summed E-state index contributed by atoms with van der Waals surface area (Å²) in [6, 6.07) is 5.96. The van der Waals surface area contributed by atoms with Gasteiger partial charge in [-0.1, -0.05) is 37.0 Å². The summed E-state index contributed by atoms with van der Waals surface area (Å²) in [5.74, 6) is 1.14. The standard InChI is InChI=1S/C14H19Cl2NS2/c1-8-9(2)19-13(7-18-8)14(17-3)11-6-10(15)4-5-12(11)16/h4-6,8-9,13-14,17H,7H2,1-3H3. The zero-order valence-corrected chi connectivity index (χ0v) is 14.5. The smallest absolute Gasteiger partial charge is 0.0461 e. The Hall–Kier alpha value is 0.460. The molecule has 1 aromatic carbocycles. The normalized spacial score (nSPS) is 29.2. The lowest BCUT2D eigenvalue weighted by atomic mass is 10.0. The van der Waals surface area contributed by atoms with Crippen molar-refractivity contribution in [3.63, 3.8) is 0 Å². The predicted molar refractivity (Wildman–Crippen MR) is 91.0 cm³/mol. The van der Waals surface area contributed by atoms with E-state index in [1.165, 1.54) is 0 Å². The monoisotopic (exact) mass is 335 g/mol. The largest absolute Gasteiger partial charge is 0.312 e. The second-order valence-electron chi connectivity index (χ2n) is 4.85. The molecule has 4 atom stereocenters. The quantitative estimate of drug-likeness (QED) is 0.845. The van der Waals surface area contributed by atoms with Crippen molar-refractivity contribution < 1.29 is 0 Å². The van der Waals surface area contributed by atoms with Crippen molar-refractivity contribution in [3.05, 3.63) is 33.8 Å². The van der Waals surface area contributed by atoms with Crippen molar-refractivity contribution >= 4 is 46.7 Å². The first kappa shape index (κ1) is 15.8. The Balaban J connectivity index is 2.22. The lowest BCUT2D eigenvalue weighted by Gasteiger charge is -2.36. The van der Waals surface area contributed by atoms with Gasteiger partial charge in [0.25, 0.3) is 0 Å². The van der Waals surface area contributed by atoms with Gasteiger partial charge in [0.05, 0.1) is 0 Å². The highest BCUT2D eigenvalue weighted by molar-refractivity contribution is 8.07. The van der Waals surface area contributed by atoms with Crippen LogP contribution in [0.5, 0.6) is 0 Å². The summed E-state index contributed by atoms with van der Waals surface area (Å²) in [4.78, 5) is 0. The molecule has 0 saturated carbocycles. The van der Waals surface area contributed by atoms with E-state index in [2.05, 4.69) is 30.9 Å². The zero-order valence-electron chi connectivity index (χ0n) is 11.3. The summed E-state index contributed by atoms with van der Waals surface area (Å²) >= 11 is 16.5. The van der Waals surface area contributed by atoms with Crippen LogP contribution in [0, 0.1) is 0 Å². The highest BCUT2D eigenvalue weighted by Crippen LogP contribution is 2.42. The van der Waals surface area contributed by atoms with Gasteiger partial charge >= 0.3 is 0 Å². The van der Waals surface area contributed by atoms with Gasteiger partial charge in [-0.05, 0) is 30.8 Å². The third-order valence-electron chi connectivity index (χ3n) is 3.55. The third-order valence-corrected chi connectivity index (χ3v) is 7.62. The van der Waals surface area contributed by atoms with E-state index >= 15 is 0 Å².